The minimum Gasteiger partial charge on any atom is -0.337 e. The Bertz CT molecular complexity index is 442. The molecular formula is C14H22N4S2. The van der Waals surface area contributed by atoms with Gasteiger partial charge in [0, 0.05) is 54.6 Å². The van der Waals surface area contributed by atoms with E-state index in [2.05, 4.69) is 37.8 Å². The van der Waals surface area contributed by atoms with Crippen LogP contribution < -0.4 is 0 Å². The normalized spacial score (nSPS) is 12.7. The van der Waals surface area contributed by atoms with Crippen LogP contribution in [0.1, 0.15) is 13.3 Å². The zero-order valence-electron chi connectivity index (χ0n) is 11.9. The molecule has 0 N–H and O–H groups in total. The first-order valence-corrected chi connectivity index (χ1v) is 9.16. The Morgan fingerprint density at radius 3 is 2.45 bits per heavy atom. The van der Waals surface area contributed by atoms with Crippen molar-refractivity contribution in [1.82, 2.24) is 19.1 Å². The molecule has 0 fully saturated rings. The molecule has 0 aromatic carbocycles. The van der Waals surface area contributed by atoms with Crippen LogP contribution in [-0.2, 0) is 13.1 Å². The van der Waals surface area contributed by atoms with Crippen LogP contribution in [0.2, 0.25) is 0 Å². The van der Waals surface area contributed by atoms with Gasteiger partial charge in [0.15, 0.2) is 0 Å². The van der Waals surface area contributed by atoms with E-state index in [1.807, 2.05) is 49.2 Å². The molecular weight excluding hydrogens is 288 g/mol. The van der Waals surface area contributed by atoms with E-state index in [1.54, 1.807) is 0 Å². The van der Waals surface area contributed by atoms with Crippen molar-refractivity contribution in [2.45, 2.75) is 31.7 Å². The number of aryl methyl sites for hydroxylation is 1. The number of nitrogens with zero attached hydrogens (tertiary/aromatic N) is 4. The van der Waals surface area contributed by atoms with Crippen molar-refractivity contribution in [3.63, 3.8) is 0 Å². The van der Waals surface area contributed by atoms with E-state index in [0.717, 1.165) is 13.1 Å². The molecule has 0 saturated heterocycles. The lowest BCUT2D eigenvalue weighted by Crippen LogP contribution is -2.08. The third-order valence-electron chi connectivity index (χ3n) is 2.92. The molecule has 0 radical (unpaired) electrons. The van der Waals surface area contributed by atoms with Crippen LogP contribution in [0.5, 0.6) is 0 Å². The van der Waals surface area contributed by atoms with Crippen molar-refractivity contribution in [3.8, 4) is 0 Å². The van der Waals surface area contributed by atoms with Crippen molar-refractivity contribution in [3.05, 3.63) is 37.4 Å². The molecule has 0 aliphatic heterocycles. The molecule has 110 valence electrons. The molecule has 0 amide bonds. The number of rotatable bonds is 10. The second-order valence-corrected chi connectivity index (χ2v) is 7.48. The van der Waals surface area contributed by atoms with Gasteiger partial charge in [-0.15, -0.1) is 0 Å². The van der Waals surface area contributed by atoms with Crippen LogP contribution >= 0.6 is 23.5 Å². The Balaban J connectivity index is 1.43. The maximum atomic E-state index is 4.07. The first-order valence-electron chi connectivity index (χ1n) is 6.95. The second-order valence-electron chi connectivity index (χ2n) is 4.71. The van der Waals surface area contributed by atoms with Crippen molar-refractivity contribution < 1.29 is 0 Å². The minimum absolute atomic E-state index is 0.649. The number of hydrogen-bond donors (Lipinski definition) is 0. The number of aromatic nitrogens is 4. The summed E-state index contributed by atoms with van der Waals surface area (Å²) in [5, 5.41) is 0.649. The van der Waals surface area contributed by atoms with Crippen molar-refractivity contribution >= 4 is 23.5 Å². The van der Waals surface area contributed by atoms with E-state index < -0.39 is 0 Å². The van der Waals surface area contributed by atoms with E-state index in [0.29, 0.717) is 5.25 Å². The highest BCUT2D eigenvalue weighted by Gasteiger charge is 2.03. The van der Waals surface area contributed by atoms with Gasteiger partial charge in [0.25, 0.3) is 0 Å². The Hall–Kier alpha value is -0.880. The smallest absolute Gasteiger partial charge is 0.0946 e. The Morgan fingerprint density at radius 2 is 1.75 bits per heavy atom. The standard InChI is InChI=1S/C14H22N4S2/c1-14(11-18-7-4-16-13-18)20-10-9-19-8-2-5-17-6-3-15-12-17/h3-4,6-7,12-14H,2,5,8-11H2,1H3. The molecule has 0 aliphatic carbocycles. The van der Waals surface area contributed by atoms with Crippen LogP contribution in [0.25, 0.3) is 0 Å². The summed E-state index contributed by atoms with van der Waals surface area (Å²) < 4.78 is 4.29. The van der Waals surface area contributed by atoms with Crippen LogP contribution in [0, 0.1) is 0 Å². The molecule has 6 heteroatoms. The van der Waals surface area contributed by atoms with E-state index in [1.165, 1.54) is 23.7 Å². The molecule has 2 rings (SSSR count). The van der Waals surface area contributed by atoms with Gasteiger partial charge in [0.05, 0.1) is 12.7 Å². The number of imidazole rings is 2. The van der Waals surface area contributed by atoms with Gasteiger partial charge in [-0.1, -0.05) is 6.92 Å². The molecule has 1 unspecified atom stereocenters. The third kappa shape index (κ3) is 6.05. The van der Waals surface area contributed by atoms with Gasteiger partial charge in [-0.2, -0.15) is 23.5 Å². The van der Waals surface area contributed by atoms with E-state index in [9.17, 15) is 0 Å². The van der Waals surface area contributed by atoms with Crippen molar-refractivity contribution in [2.75, 3.05) is 17.3 Å². The number of thioether (sulfide) groups is 2. The average molecular weight is 310 g/mol. The topological polar surface area (TPSA) is 35.6 Å². The summed E-state index contributed by atoms with van der Waals surface area (Å²) in [6.45, 7) is 4.42. The zero-order valence-corrected chi connectivity index (χ0v) is 13.5. The predicted molar refractivity (Wildman–Crippen MR) is 88.3 cm³/mol. The van der Waals surface area contributed by atoms with Crippen LogP contribution in [0.4, 0.5) is 0 Å². The molecule has 20 heavy (non-hydrogen) atoms. The average Bonchev–Trinajstić information content (AvgIpc) is 3.10. The van der Waals surface area contributed by atoms with Gasteiger partial charge in [0.1, 0.15) is 0 Å². The molecule has 0 spiro atoms. The van der Waals surface area contributed by atoms with Gasteiger partial charge >= 0.3 is 0 Å². The molecule has 0 bridgehead atoms. The highest BCUT2D eigenvalue weighted by molar-refractivity contribution is 8.03. The van der Waals surface area contributed by atoms with Gasteiger partial charge in [-0.3, -0.25) is 0 Å². The largest absolute Gasteiger partial charge is 0.337 e. The fourth-order valence-electron chi connectivity index (χ4n) is 1.92. The Kier molecular flexibility index (Phi) is 7.08. The lowest BCUT2D eigenvalue weighted by Gasteiger charge is -2.11. The maximum absolute atomic E-state index is 4.07. The maximum Gasteiger partial charge on any atom is 0.0946 e. The second kappa shape index (κ2) is 9.13. The predicted octanol–water partition coefficient (Wildman–Crippen LogP) is 3.02. The highest BCUT2D eigenvalue weighted by Crippen LogP contribution is 2.15. The minimum atomic E-state index is 0.649. The Labute approximate surface area is 129 Å². The summed E-state index contributed by atoms with van der Waals surface area (Å²) in [5.41, 5.74) is 0. The molecule has 2 aromatic rings. The lowest BCUT2D eigenvalue weighted by molar-refractivity contribution is 0.683. The van der Waals surface area contributed by atoms with Gasteiger partial charge in [-0.25, -0.2) is 9.97 Å². The molecule has 2 heterocycles. The summed E-state index contributed by atoms with van der Waals surface area (Å²) >= 11 is 4.10. The summed E-state index contributed by atoms with van der Waals surface area (Å²) in [5.74, 6) is 3.70. The first-order chi connectivity index (χ1) is 9.84. The summed E-state index contributed by atoms with van der Waals surface area (Å²) in [4.78, 5) is 8.12. The van der Waals surface area contributed by atoms with E-state index >= 15 is 0 Å². The summed E-state index contributed by atoms with van der Waals surface area (Å²) in [7, 11) is 0. The quantitative estimate of drug-likeness (QED) is 0.632. The lowest BCUT2D eigenvalue weighted by atomic mass is 10.5. The molecule has 2 aromatic heterocycles. The zero-order chi connectivity index (χ0) is 14.0. The van der Waals surface area contributed by atoms with E-state index in [4.69, 9.17) is 0 Å². The third-order valence-corrected chi connectivity index (χ3v) is 5.41. The highest BCUT2D eigenvalue weighted by atomic mass is 32.2. The fraction of sp³-hybridized carbons (Fsp3) is 0.571. The fourth-order valence-corrected chi connectivity index (χ4v) is 4.00. The monoisotopic (exact) mass is 310 g/mol. The van der Waals surface area contributed by atoms with E-state index in [-0.39, 0.29) is 0 Å². The molecule has 4 nitrogen and oxygen atoms in total. The Morgan fingerprint density at radius 1 is 1.00 bits per heavy atom. The molecule has 0 aliphatic rings. The van der Waals surface area contributed by atoms with Crippen LogP contribution in [0.3, 0.4) is 0 Å². The van der Waals surface area contributed by atoms with Crippen molar-refractivity contribution in [2.24, 2.45) is 0 Å². The molecule has 0 saturated carbocycles. The first kappa shape index (κ1) is 15.5. The molecule has 1 atom stereocenters. The van der Waals surface area contributed by atoms with Gasteiger partial charge in [-0.05, 0) is 12.2 Å². The summed E-state index contributed by atoms with van der Waals surface area (Å²) in [6, 6.07) is 0. The summed E-state index contributed by atoms with van der Waals surface area (Å²) in [6.07, 6.45) is 12.7. The van der Waals surface area contributed by atoms with Crippen LogP contribution in [0.15, 0.2) is 37.4 Å². The van der Waals surface area contributed by atoms with Crippen molar-refractivity contribution in [1.29, 1.82) is 0 Å². The SMILES string of the molecule is CC(Cn1ccnc1)SCCSCCCn1ccnc1. The van der Waals surface area contributed by atoms with Gasteiger partial charge in [0.2, 0.25) is 0 Å². The van der Waals surface area contributed by atoms with Gasteiger partial charge < -0.3 is 9.13 Å². The number of hydrogen-bond acceptors (Lipinski definition) is 4. The van der Waals surface area contributed by atoms with Crippen LogP contribution in [-0.4, -0.2) is 41.6 Å².